The Hall–Kier alpha value is -3.05. The standard InChI is InChI=1S/C26H29ClN2O3/c1-18(2)15-28-26(31)19(3)29(16-20-8-6-11-22(27)14-20)25(30)17-32-24-13-7-10-21-9-4-5-12-23(21)24/h4-14,18-19H,15-17H2,1-3H3,(H,28,31)/t19-/m0/s1. The van der Waals surface area contributed by atoms with E-state index in [1.54, 1.807) is 19.1 Å². The summed E-state index contributed by atoms with van der Waals surface area (Å²) in [6.07, 6.45) is 0. The van der Waals surface area contributed by atoms with Crippen molar-refractivity contribution >= 4 is 34.2 Å². The highest BCUT2D eigenvalue weighted by molar-refractivity contribution is 6.30. The Morgan fingerprint density at radius 2 is 1.72 bits per heavy atom. The molecule has 5 nitrogen and oxygen atoms in total. The second-order valence-electron chi connectivity index (χ2n) is 8.23. The smallest absolute Gasteiger partial charge is 0.261 e. The van der Waals surface area contributed by atoms with E-state index in [0.717, 1.165) is 16.3 Å². The summed E-state index contributed by atoms with van der Waals surface area (Å²) in [6.45, 7) is 6.42. The van der Waals surface area contributed by atoms with Crippen LogP contribution < -0.4 is 10.1 Å². The van der Waals surface area contributed by atoms with E-state index in [0.29, 0.717) is 23.2 Å². The average Bonchev–Trinajstić information content (AvgIpc) is 2.79. The lowest BCUT2D eigenvalue weighted by atomic mass is 10.1. The molecule has 2 amide bonds. The topological polar surface area (TPSA) is 58.6 Å². The van der Waals surface area contributed by atoms with E-state index < -0.39 is 6.04 Å². The molecule has 0 bridgehead atoms. The van der Waals surface area contributed by atoms with Crippen LogP contribution in [0.1, 0.15) is 26.3 Å². The molecule has 6 heteroatoms. The summed E-state index contributed by atoms with van der Waals surface area (Å²) < 4.78 is 5.90. The molecule has 3 rings (SSSR count). The van der Waals surface area contributed by atoms with E-state index in [1.807, 2.05) is 68.4 Å². The number of nitrogens with zero attached hydrogens (tertiary/aromatic N) is 1. The minimum absolute atomic E-state index is 0.170. The van der Waals surface area contributed by atoms with E-state index in [2.05, 4.69) is 5.32 Å². The van der Waals surface area contributed by atoms with Crippen LogP contribution in [0.15, 0.2) is 66.7 Å². The van der Waals surface area contributed by atoms with Gasteiger partial charge in [-0.3, -0.25) is 9.59 Å². The van der Waals surface area contributed by atoms with Crippen LogP contribution in [0.5, 0.6) is 5.75 Å². The van der Waals surface area contributed by atoms with Crippen molar-refractivity contribution in [2.75, 3.05) is 13.2 Å². The largest absolute Gasteiger partial charge is 0.483 e. The summed E-state index contributed by atoms with van der Waals surface area (Å²) in [5.41, 5.74) is 0.847. The average molecular weight is 453 g/mol. The molecular weight excluding hydrogens is 424 g/mol. The number of fused-ring (bicyclic) bond motifs is 1. The predicted octanol–water partition coefficient (Wildman–Crippen LogP) is 5.06. The number of hydrogen-bond donors (Lipinski definition) is 1. The highest BCUT2D eigenvalue weighted by atomic mass is 35.5. The van der Waals surface area contributed by atoms with E-state index in [-0.39, 0.29) is 25.0 Å². The van der Waals surface area contributed by atoms with Gasteiger partial charge in [0.05, 0.1) is 0 Å². The Balaban J connectivity index is 1.77. The highest BCUT2D eigenvalue weighted by Gasteiger charge is 2.26. The minimum Gasteiger partial charge on any atom is -0.483 e. The molecule has 0 aliphatic carbocycles. The Morgan fingerprint density at radius 3 is 2.47 bits per heavy atom. The summed E-state index contributed by atoms with van der Waals surface area (Å²) >= 11 is 6.12. The summed E-state index contributed by atoms with van der Waals surface area (Å²) in [5.74, 6) is 0.485. The number of hydrogen-bond acceptors (Lipinski definition) is 3. The van der Waals surface area contributed by atoms with Gasteiger partial charge >= 0.3 is 0 Å². The summed E-state index contributed by atoms with van der Waals surface area (Å²) in [7, 11) is 0. The maximum absolute atomic E-state index is 13.2. The van der Waals surface area contributed by atoms with Crippen molar-refractivity contribution in [3.05, 3.63) is 77.3 Å². The molecule has 0 fully saturated rings. The summed E-state index contributed by atoms with van der Waals surface area (Å²) in [5, 5.41) is 5.47. The molecule has 3 aromatic rings. The first-order valence-electron chi connectivity index (χ1n) is 10.8. The van der Waals surface area contributed by atoms with Crippen molar-refractivity contribution < 1.29 is 14.3 Å². The molecule has 0 radical (unpaired) electrons. The molecule has 0 saturated heterocycles. The van der Waals surface area contributed by atoms with Crippen LogP contribution >= 0.6 is 11.6 Å². The van der Waals surface area contributed by atoms with Gasteiger partial charge in [-0.15, -0.1) is 0 Å². The Bertz CT molecular complexity index is 1080. The molecule has 168 valence electrons. The third-order valence-corrected chi connectivity index (χ3v) is 5.43. The maximum Gasteiger partial charge on any atom is 0.261 e. The first kappa shape index (κ1) is 23.6. The quantitative estimate of drug-likeness (QED) is 0.493. The number of benzene rings is 3. The van der Waals surface area contributed by atoms with Gasteiger partial charge in [-0.2, -0.15) is 0 Å². The van der Waals surface area contributed by atoms with E-state index in [1.165, 1.54) is 4.90 Å². The van der Waals surface area contributed by atoms with Crippen molar-refractivity contribution in [2.24, 2.45) is 5.92 Å². The zero-order valence-electron chi connectivity index (χ0n) is 18.7. The van der Waals surface area contributed by atoms with Gasteiger partial charge in [0.2, 0.25) is 5.91 Å². The Labute approximate surface area is 194 Å². The number of carbonyl (C=O) groups excluding carboxylic acids is 2. The molecule has 0 saturated carbocycles. The summed E-state index contributed by atoms with van der Waals surface area (Å²) in [4.78, 5) is 27.5. The molecule has 3 aromatic carbocycles. The fraction of sp³-hybridized carbons (Fsp3) is 0.308. The van der Waals surface area contributed by atoms with Crippen molar-refractivity contribution in [2.45, 2.75) is 33.4 Å². The number of rotatable bonds is 9. The van der Waals surface area contributed by atoms with Gasteiger partial charge in [-0.1, -0.05) is 74.0 Å². The molecule has 0 aromatic heterocycles. The molecule has 0 aliphatic rings. The van der Waals surface area contributed by atoms with E-state index in [4.69, 9.17) is 16.3 Å². The van der Waals surface area contributed by atoms with Crippen LogP contribution in [0.4, 0.5) is 0 Å². The van der Waals surface area contributed by atoms with E-state index >= 15 is 0 Å². The van der Waals surface area contributed by atoms with Gasteiger partial charge in [0.15, 0.2) is 6.61 Å². The van der Waals surface area contributed by atoms with Crippen LogP contribution in [0.25, 0.3) is 10.8 Å². The second-order valence-corrected chi connectivity index (χ2v) is 8.67. The molecule has 0 spiro atoms. The Kier molecular flexibility index (Phi) is 8.12. The monoisotopic (exact) mass is 452 g/mol. The zero-order valence-corrected chi connectivity index (χ0v) is 19.4. The van der Waals surface area contributed by atoms with Crippen molar-refractivity contribution in [1.82, 2.24) is 10.2 Å². The van der Waals surface area contributed by atoms with Gasteiger partial charge in [0.1, 0.15) is 11.8 Å². The molecule has 0 heterocycles. The van der Waals surface area contributed by atoms with Gasteiger partial charge < -0.3 is 15.0 Å². The first-order chi connectivity index (χ1) is 15.3. The van der Waals surface area contributed by atoms with Crippen molar-refractivity contribution in [1.29, 1.82) is 0 Å². The molecule has 0 unspecified atom stereocenters. The first-order valence-corrected chi connectivity index (χ1v) is 11.1. The van der Waals surface area contributed by atoms with Crippen molar-refractivity contribution in [3.8, 4) is 5.75 Å². The van der Waals surface area contributed by atoms with Gasteiger partial charge in [-0.05, 0) is 42.0 Å². The fourth-order valence-electron chi connectivity index (χ4n) is 3.41. The number of carbonyl (C=O) groups is 2. The lowest BCUT2D eigenvalue weighted by Crippen LogP contribution is -2.49. The van der Waals surface area contributed by atoms with Gasteiger partial charge in [0, 0.05) is 23.5 Å². The number of nitrogens with one attached hydrogen (secondary N) is 1. The molecular formula is C26H29ClN2O3. The van der Waals surface area contributed by atoms with Crippen LogP contribution in [-0.2, 0) is 16.1 Å². The van der Waals surface area contributed by atoms with Gasteiger partial charge in [-0.25, -0.2) is 0 Å². The molecule has 0 aliphatic heterocycles. The third kappa shape index (κ3) is 6.24. The Morgan fingerprint density at radius 1 is 1.00 bits per heavy atom. The molecule has 1 N–H and O–H groups in total. The number of halogens is 1. The zero-order chi connectivity index (χ0) is 23.1. The lowest BCUT2D eigenvalue weighted by molar-refractivity contribution is -0.142. The van der Waals surface area contributed by atoms with Crippen LogP contribution in [0.3, 0.4) is 0 Å². The van der Waals surface area contributed by atoms with Crippen molar-refractivity contribution in [3.63, 3.8) is 0 Å². The van der Waals surface area contributed by atoms with Crippen LogP contribution in [-0.4, -0.2) is 35.9 Å². The lowest BCUT2D eigenvalue weighted by Gasteiger charge is -2.29. The van der Waals surface area contributed by atoms with Crippen LogP contribution in [0.2, 0.25) is 5.02 Å². The predicted molar refractivity (Wildman–Crippen MR) is 129 cm³/mol. The number of amides is 2. The SMILES string of the molecule is CC(C)CNC(=O)[C@H](C)N(Cc1cccc(Cl)c1)C(=O)COc1cccc2ccccc12. The third-order valence-electron chi connectivity index (χ3n) is 5.19. The number of ether oxygens (including phenoxy) is 1. The fourth-order valence-corrected chi connectivity index (χ4v) is 3.62. The summed E-state index contributed by atoms with van der Waals surface area (Å²) in [6, 6.07) is 20.2. The van der Waals surface area contributed by atoms with Gasteiger partial charge in [0.25, 0.3) is 5.91 Å². The second kappa shape index (κ2) is 11.0. The van der Waals surface area contributed by atoms with Crippen LogP contribution in [0, 0.1) is 5.92 Å². The molecule has 1 atom stereocenters. The van der Waals surface area contributed by atoms with E-state index in [9.17, 15) is 9.59 Å². The highest BCUT2D eigenvalue weighted by Crippen LogP contribution is 2.25. The maximum atomic E-state index is 13.2. The molecule has 32 heavy (non-hydrogen) atoms. The normalized spacial score (nSPS) is 11.9. The minimum atomic E-state index is -0.656.